The molecule has 3 nitrogen and oxygen atoms in total. The highest BCUT2D eigenvalue weighted by atomic mass is 35.5. The van der Waals surface area contributed by atoms with E-state index >= 15 is 0 Å². The Morgan fingerprint density at radius 2 is 1.59 bits per heavy atom. The molecule has 0 aliphatic carbocycles. The van der Waals surface area contributed by atoms with Gasteiger partial charge in [0.15, 0.2) is 0 Å². The topological polar surface area (TPSA) is 42.2 Å². The fourth-order valence-electron chi connectivity index (χ4n) is 2.35. The Labute approximate surface area is 135 Å². The Kier molecular flexibility index (Phi) is 4.09. The summed E-state index contributed by atoms with van der Waals surface area (Å²) in [5, 5.41) is 2.33. The highest BCUT2D eigenvalue weighted by molar-refractivity contribution is 6.33. The second-order valence-corrected chi connectivity index (χ2v) is 5.39. The van der Waals surface area contributed by atoms with Crippen molar-refractivity contribution in [1.29, 1.82) is 0 Å². The number of aromatic nitrogens is 1. The van der Waals surface area contributed by atoms with E-state index < -0.39 is 0 Å². The first-order valence-electron chi connectivity index (χ1n) is 6.99. The summed E-state index contributed by atoms with van der Waals surface area (Å²) in [6.45, 7) is 1.94. The van der Waals surface area contributed by atoms with Gasteiger partial charge in [-0.1, -0.05) is 48.0 Å². The number of hydrogen-bond acceptors (Lipinski definition) is 3. The average Bonchev–Trinajstić information content (AvgIpc) is 2.55. The van der Waals surface area contributed by atoms with E-state index in [-0.39, 0.29) is 0 Å². The third-order valence-corrected chi connectivity index (χ3v) is 3.83. The summed E-state index contributed by atoms with van der Waals surface area (Å²) < 4.78 is 0. The van der Waals surface area contributed by atoms with Crippen molar-refractivity contribution in [2.75, 3.05) is 5.01 Å². The zero-order valence-electron chi connectivity index (χ0n) is 12.2. The second-order valence-electron chi connectivity index (χ2n) is 4.99. The molecule has 0 aliphatic rings. The van der Waals surface area contributed by atoms with Gasteiger partial charge in [-0.2, -0.15) is 0 Å². The lowest BCUT2D eigenvalue weighted by molar-refractivity contribution is 1.05. The maximum absolute atomic E-state index is 6.23. The number of aryl methyl sites for hydroxylation is 1. The molecular formula is C18H16ClN3. The molecule has 2 aromatic carbocycles. The number of rotatable bonds is 3. The van der Waals surface area contributed by atoms with Gasteiger partial charge in [0, 0.05) is 10.6 Å². The Morgan fingerprint density at radius 1 is 0.909 bits per heavy atom. The molecule has 0 radical (unpaired) electrons. The molecule has 0 saturated carbocycles. The van der Waals surface area contributed by atoms with E-state index in [1.807, 2.05) is 73.7 Å². The van der Waals surface area contributed by atoms with Crippen LogP contribution < -0.4 is 10.9 Å². The van der Waals surface area contributed by atoms with Crippen LogP contribution in [0.4, 0.5) is 11.4 Å². The van der Waals surface area contributed by atoms with E-state index in [4.69, 9.17) is 17.4 Å². The lowest BCUT2D eigenvalue weighted by atomic mass is 10.1. The summed E-state index contributed by atoms with van der Waals surface area (Å²) in [7, 11) is 0. The Morgan fingerprint density at radius 3 is 2.27 bits per heavy atom. The summed E-state index contributed by atoms with van der Waals surface area (Å²) in [6.07, 6.45) is 0. The fraction of sp³-hybridized carbons (Fsp3) is 0.0556. The lowest BCUT2D eigenvalue weighted by Crippen LogP contribution is -2.25. The number of hydrazine groups is 1. The van der Waals surface area contributed by atoms with Crippen molar-refractivity contribution in [3.63, 3.8) is 0 Å². The first-order chi connectivity index (χ1) is 10.7. The molecular weight excluding hydrogens is 294 g/mol. The molecule has 110 valence electrons. The van der Waals surface area contributed by atoms with Gasteiger partial charge in [0.1, 0.15) is 0 Å². The predicted molar refractivity (Wildman–Crippen MR) is 92.2 cm³/mol. The molecule has 1 heterocycles. The van der Waals surface area contributed by atoms with Gasteiger partial charge in [0.2, 0.25) is 0 Å². The van der Waals surface area contributed by atoms with Crippen LogP contribution in [-0.4, -0.2) is 4.98 Å². The zero-order chi connectivity index (χ0) is 15.5. The summed E-state index contributed by atoms with van der Waals surface area (Å²) in [5.74, 6) is 6.20. The van der Waals surface area contributed by atoms with Crippen molar-refractivity contribution in [3.8, 4) is 11.3 Å². The number of benzene rings is 2. The molecule has 1 aromatic heterocycles. The fourth-order valence-corrected chi connectivity index (χ4v) is 2.59. The molecule has 0 amide bonds. The minimum Gasteiger partial charge on any atom is -0.278 e. The van der Waals surface area contributed by atoms with Gasteiger partial charge in [-0.3, -0.25) is 9.99 Å². The van der Waals surface area contributed by atoms with Crippen LogP contribution in [0.2, 0.25) is 5.02 Å². The highest BCUT2D eigenvalue weighted by Gasteiger charge is 2.11. The van der Waals surface area contributed by atoms with Crippen LogP contribution in [0, 0.1) is 6.92 Å². The van der Waals surface area contributed by atoms with Crippen LogP contribution in [0.1, 0.15) is 5.69 Å². The first-order valence-corrected chi connectivity index (χ1v) is 7.37. The number of nitrogens with zero attached hydrogens (tertiary/aromatic N) is 2. The van der Waals surface area contributed by atoms with Crippen molar-refractivity contribution >= 4 is 23.0 Å². The van der Waals surface area contributed by atoms with E-state index in [0.29, 0.717) is 5.02 Å². The second kappa shape index (κ2) is 6.18. The van der Waals surface area contributed by atoms with Gasteiger partial charge in [0.05, 0.1) is 22.8 Å². The summed E-state index contributed by atoms with van der Waals surface area (Å²) >= 11 is 6.23. The monoisotopic (exact) mass is 309 g/mol. The SMILES string of the molecule is Cc1nc(-c2ccccc2Cl)ccc1N(N)c1ccccc1. The third-order valence-electron chi connectivity index (χ3n) is 3.50. The van der Waals surface area contributed by atoms with E-state index in [1.54, 1.807) is 5.01 Å². The molecule has 3 aromatic rings. The van der Waals surface area contributed by atoms with Crippen molar-refractivity contribution < 1.29 is 0 Å². The largest absolute Gasteiger partial charge is 0.278 e. The standard InChI is InChI=1S/C18H16ClN3/c1-13-18(22(20)14-7-3-2-4-8-14)12-11-17(21-13)15-9-5-6-10-16(15)19/h2-12H,20H2,1H3. The number of pyridine rings is 1. The van der Waals surface area contributed by atoms with Gasteiger partial charge < -0.3 is 0 Å². The molecule has 0 unspecified atom stereocenters. The molecule has 0 atom stereocenters. The molecule has 0 fully saturated rings. The maximum atomic E-state index is 6.23. The van der Waals surface area contributed by atoms with Gasteiger partial charge in [-0.05, 0) is 37.3 Å². The van der Waals surface area contributed by atoms with Crippen LogP contribution in [0.3, 0.4) is 0 Å². The van der Waals surface area contributed by atoms with E-state index in [1.165, 1.54) is 0 Å². The van der Waals surface area contributed by atoms with Crippen molar-refractivity contribution in [2.45, 2.75) is 6.92 Å². The Bertz CT molecular complexity index is 787. The van der Waals surface area contributed by atoms with Gasteiger partial charge in [-0.25, -0.2) is 5.84 Å². The molecule has 0 saturated heterocycles. The Hall–Kier alpha value is -2.36. The van der Waals surface area contributed by atoms with Crippen LogP contribution in [0.15, 0.2) is 66.7 Å². The molecule has 0 spiro atoms. The van der Waals surface area contributed by atoms with Crippen molar-refractivity contribution in [1.82, 2.24) is 4.98 Å². The minimum atomic E-state index is 0.690. The predicted octanol–water partition coefficient (Wildman–Crippen LogP) is 4.72. The highest BCUT2D eigenvalue weighted by Crippen LogP contribution is 2.30. The van der Waals surface area contributed by atoms with Gasteiger partial charge in [0.25, 0.3) is 0 Å². The Balaban J connectivity index is 1.98. The van der Waals surface area contributed by atoms with Gasteiger partial charge >= 0.3 is 0 Å². The molecule has 0 aliphatic heterocycles. The summed E-state index contributed by atoms with van der Waals surface area (Å²) in [6, 6.07) is 21.4. The van der Waals surface area contributed by atoms with E-state index in [0.717, 1.165) is 28.3 Å². The van der Waals surface area contributed by atoms with Crippen LogP contribution in [0.5, 0.6) is 0 Å². The van der Waals surface area contributed by atoms with Gasteiger partial charge in [-0.15, -0.1) is 0 Å². The van der Waals surface area contributed by atoms with Crippen molar-refractivity contribution in [3.05, 3.63) is 77.4 Å². The van der Waals surface area contributed by atoms with Crippen LogP contribution in [-0.2, 0) is 0 Å². The van der Waals surface area contributed by atoms with Crippen LogP contribution in [0.25, 0.3) is 11.3 Å². The summed E-state index contributed by atoms with van der Waals surface area (Å²) in [4.78, 5) is 4.64. The van der Waals surface area contributed by atoms with E-state index in [2.05, 4.69) is 4.98 Å². The van der Waals surface area contributed by atoms with E-state index in [9.17, 15) is 0 Å². The molecule has 22 heavy (non-hydrogen) atoms. The molecule has 0 bridgehead atoms. The first kappa shape index (κ1) is 14.6. The quantitative estimate of drug-likeness (QED) is 0.562. The van der Waals surface area contributed by atoms with Crippen LogP contribution >= 0.6 is 11.6 Å². The number of para-hydroxylation sites is 1. The maximum Gasteiger partial charge on any atom is 0.0788 e. The minimum absolute atomic E-state index is 0.690. The number of hydrogen-bond donors (Lipinski definition) is 1. The average molecular weight is 310 g/mol. The van der Waals surface area contributed by atoms with Crippen molar-refractivity contribution in [2.24, 2.45) is 5.84 Å². The number of halogens is 1. The molecule has 2 N–H and O–H groups in total. The number of anilines is 2. The number of nitrogens with two attached hydrogens (primary N) is 1. The normalized spacial score (nSPS) is 10.5. The smallest absolute Gasteiger partial charge is 0.0788 e. The molecule has 3 rings (SSSR count). The lowest BCUT2D eigenvalue weighted by Gasteiger charge is -2.20. The molecule has 4 heteroatoms. The summed E-state index contributed by atoms with van der Waals surface area (Å²) in [5.41, 5.74) is 4.39. The third kappa shape index (κ3) is 2.82. The zero-order valence-corrected chi connectivity index (χ0v) is 13.0.